The number of methoxy groups -OCH3 is 2. The van der Waals surface area contributed by atoms with E-state index in [4.69, 9.17) is 21.1 Å². The van der Waals surface area contributed by atoms with Gasteiger partial charge in [0.05, 0.1) is 30.6 Å². The summed E-state index contributed by atoms with van der Waals surface area (Å²) >= 11 is 6.22. The van der Waals surface area contributed by atoms with Gasteiger partial charge < -0.3 is 14.8 Å². The van der Waals surface area contributed by atoms with Crippen molar-refractivity contribution in [2.45, 2.75) is 20.8 Å². The van der Waals surface area contributed by atoms with E-state index in [-0.39, 0.29) is 5.91 Å². The van der Waals surface area contributed by atoms with E-state index in [1.807, 2.05) is 39.0 Å². The molecule has 3 rings (SSSR count). The third kappa shape index (κ3) is 3.97. The molecule has 0 unspecified atom stereocenters. The molecular weight excluding hydrogens is 378 g/mol. The fourth-order valence-corrected chi connectivity index (χ4v) is 3.38. The minimum absolute atomic E-state index is 0.297. The largest absolute Gasteiger partial charge is 0.493 e. The number of aryl methyl sites for hydroxylation is 3. The van der Waals surface area contributed by atoms with E-state index in [9.17, 15) is 4.79 Å². The fraction of sp³-hybridized carbons (Fsp3) is 0.238. The number of hydrogen-bond donors (Lipinski definition) is 1. The maximum atomic E-state index is 12.9. The Morgan fingerprint density at radius 2 is 1.68 bits per heavy atom. The van der Waals surface area contributed by atoms with Crippen molar-refractivity contribution >= 4 is 23.3 Å². The predicted octanol–water partition coefficient (Wildman–Crippen LogP) is 4.72. The van der Waals surface area contributed by atoms with E-state index < -0.39 is 0 Å². The number of nitrogens with zero attached hydrogens (tertiary/aromatic N) is 2. The minimum atomic E-state index is -0.326. The molecule has 0 aliphatic heterocycles. The monoisotopic (exact) mass is 399 g/mol. The van der Waals surface area contributed by atoms with Crippen LogP contribution in [0.4, 0.5) is 5.82 Å². The molecule has 146 valence electrons. The van der Waals surface area contributed by atoms with Crippen LogP contribution in [0.1, 0.15) is 27.2 Å². The van der Waals surface area contributed by atoms with Gasteiger partial charge >= 0.3 is 0 Å². The number of carbonyl (C=O) groups is 1. The molecule has 7 heteroatoms. The van der Waals surface area contributed by atoms with Crippen molar-refractivity contribution in [2.24, 2.45) is 0 Å². The number of amides is 1. The summed E-state index contributed by atoms with van der Waals surface area (Å²) in [5, 5.41) is 7.72. The van der Waals surface area contributed by atoms with Crippen molar-refractivity contribution in [1.29, 1.82) is 0 Å². The number of carbonyl (C=O) groups excluding carboxylic acids is 1. The molecule has 0 fully saturated rings. The first-order valence-electron chi connectivity index (χ1n) is 8.70. The van der Waals surface area contributed by atoms with Gasteiger partial charge in [0.1, 0.15) is 5.82 Å². The van der Waals surface area contributed by atoms with Gasteiger partial charge in [-0.1, -0.05) is 17.7 Å². The molecule has 0 saturated heterocycles. The van der Waals surface area contributed by atoms with Gasteiger partial charge in [-0.2, -0.15) is 5.10 Å². The van der Waals surface area contributed by atoms with E-state index in [0.717, 1.165) is 22.5 Å². The zero-order valence-electron chi connectivity index (χ0n) is 16.5. The SMILES string of the molecule is COc1cc(C(=O)Nc2cc(C)nn2-c2cc(C)cc(C)c2)cc(Cl)c1OC. The summed E-state index contributed by atoms with van der Waals surface area (Å²) in [6, 6.07) is 11.1. The summed E-state index contributed by atoms with van der Waals surface area (Å²) in [5.41, 5.74) is 4.26. The average Bonchev–Trinajstić information content (AvgIpc) is 3.00. The Morgan fingerprint density at radius 3 is 2.29 bits per heavy atom. The molecular formula is C21H22ClN3O3. The smallest absolute Gasteiger partial charge is 0.257 e. The van der Waals surface area contributed by atoms with Crippen molar-refractivity contribution in [3.8, 4) is 17.2 Å². The van der Waals surface area contributed by atoms with Gasteiger partial charge in [0, 0.05) is 11.6 Å². The third-order valence-corrected chi connectivity index (χ3v) is 4.50. The lowest BCUT2D eigenvalue weighted by molar-refractivity contribution is 0.102. The van der Waals surface area contributed by atoms with Crippen LogP contribution in [0, 0.1) is 20.8 Å². The highest BCUT2D eigenvalue weighted by Crippen LogP contribution is 2.36. The Kier molecular flexibility index (Phi) is 5.61. The predicted molar refractivity (Wildman–Crippen MR) is 110 cm³/mol. The van der Waals surface area contributed by atoms with Crippen LogP contribution in [-0.2, 0) is 0 Å². The molecule has 0 bridgehead atoms. The van der Waals surface area contributed by atoms with Crippen molar-refractivity contribution in [1.82, 2.24) is 9.78 Å². The second-order valence-electron chi connectivity index (χ2n) is 6.58. The normalized spacial score (nSPS) is 10.6. The standard InChI is InChI=1S/C21H22ClN3O3/c1-12-6-13(2)8-16(7-12)25-19(9-14(3)24-25)23-21(26)15-10-17(22)20(28-5)18(11-15)27-4/h6-11H,1-5H3,(H,23,26). The molecule has 28 heavy (non-hydrogen) atoms. The summed E-state index contributed by atoms with van der Waals surface area (Å²) in [6.07, 6.45) is 0. The van der Waals surface area contributed by atoms with Gasteiger partial charge in [-0.25, -0.2) is 4.68 Å². The molecule has 0 aliphatic carbocycles. The molecule has 0 radical (unpaired) electrons. The number of benzene rings is 2. The molecule has 1 heterocycles. The number of nitrogens with one attached hydrogen (secondary N) is 1. The first-order chi connectivity index (χ1) is 13.3. The zero-order chi connectivity index (χ0) is 20.4. The molecule has 6 nitrogen and oxygen atoms in total. The topological polar surface area (TPSA) is 65.4 Å². The van der Waals surface area contributed by atoms with Crippen LogP contribution in [0.2, 0.25) is 5.02 Å². The number of ether oxygens (including phenoxy) is 2. The van der Waals surface area contributed by atoms with Crippen molar-refractivity contribution < 1.29 is 14.3 Å². The molecule has 1 amide bonds. The fourth-order valence-electron chi connectivity index (χ4n) is 3.10. The van der Waals surface area contributed by atoms with Gasteiger partial charge in [-0.15, -0.1) is 0 Å². The lowest BCUT2D eigenvalue weighted by Gasteiger charge is -2.13. The lowest BCUT2D eigenvalue weighted by Crippen LogP contribution is -2.15. The molecule has 1 aromatic heterocycles. The highest BCUT2D eigenvalue weighted by Gasteiger charge is 2.17. The third-order valence-electron chi connectivity index (χ3n) is 4.22. The Morgan fingerprint density at radius 1 is 1.00 bits per heavy atom. The number of aromatic nitrogens is 2. The quantitative estimate of drug-likeness (QED) is 0.674. The second-order valence-corrected chi connectivity index (χ2v) is 6.98. The summed E-state index contributed by atoms with van der Waals surface area (Å²) in [6.45, 7) is 5.93. The Labute approximate surface area is 169 Å². The summed E-state index contributed by atoms with van der Waals surface area (Å²) in [4.78, 5) is 12.9. The highest BCUT2D eigenvalue weighted by molar-refractivity contribution is 6.32. The Balaban J connectivity index is 1.97. The number of hydrogen-bond acceptors (Lipinski definition) is 4. The molecule has 0 saturated carbocycles. The van der Waals surface area contributed by atoms with Crippen LogP contribution < -0.4 is 14.8 Å². The molecule has 0 atom stereocenters. The van der Waals surface area contributed by atoms with E-state index in [1.54, 1.807) is 16.8 Å². The number of anilines is 1. The van der Waals surface area contributed by atoms with Gasteiger partial charge in [0.15, 0.2) is 11.5 Å². The maximum absolute atomic E-state index is 12.9. The van der Waals surface area contributed by atoms with Crippen LogP contribution in [0.5, 0.6) is 11.5 Å². The average molecular weight is 400 g/mol. The summed E-state index contributed by atoms with van der Waals surface area (Å²) in [5.74, 6) is 1.02. The first-order valence-corrected chi connectivity index (χ1v) is 9.08. The molecule has 0 spiro atoms. The first kappa shape index (κ1) is 19.8. The van der Waals surface area contributed by atoms with Crippen LogP contribution >= 0.6 is 11.6 Å². The van der Waals surface area contributed by atoms with Crippen molar-refractivity contribution in [2.75, 3.05) is 19.5 Å². The summed E-state index contributed by atoms with van der Waals surface area (Å²) < 4.78 is 12.2. The molecule has 0 aliphatic rings. The molecule has 2 aromatic carbocycles. The molecule has 3 aromatic rings. The number of rotatable bonds is 5. The van der Waals surface area contributed by atoms with Gasteiger partial charge in [-0.3, -0.25) is 4.79 Å². The number of halogens is 1. The van der Waals surface area contributed by atoms with Crippen molar-refractivity contribution in [3.63, 3.8) is 0 Å². The molecule has 1 N–H and O–H groups in total. The minimum Gasteiger partial charge on any atom is -0.493 e. The van der Waals surface area contributed by atoms with E-state index >= 15 is 0 Å². The summed E-state index contributed by atoms with van der Waals surface area (Å²) in [7, 11) is 2.99. The van der Waals surface area contributed by atoms with Gasteiger partial charge in [-0.05, 0) is 56.2 Å². The van der Waals surface area contributed by atoms with Gasteiger partial charge in [0.2, 0.25) is 0 Å². The Bertz CT molecular complexity index is 1020. The lowest BCUT2D eigenvalue weighted by atomic mass is 10.1. The van der Waals surface area contributed by atoms with E-state index in [2.05, 4.69) is 16.5 Å². The van der Waals surface area contributed by atoms with Crippen LogP contribution in [0.15, 0.2) is 36.4 Å². The zero-order valence-corrected chi connectivity index (χ0v) is 17.2. The van der Waals surface area contributed by atoms with Crippen molar-refractivity contribution in [3.05, 3.63) is 63.8 Å². The van der Waals surface area contributed by atoms with E-state index in [1.165, 1.54) is 14.2 Å². The second kappa shape index (κ2) is 7.94. The van der Waals surface area contributed by atoms with Crippen LogP contribution in [-0.4, -0.2) is 29.9 Å². The van der Waals surface area contributed by atoms with E-state index in [0.29, 0.717) is 27.9 Å². The van der Waals surface area contributed by atoms with Crippen LogP contribution in [0.25, 0.3) is 5.69 Å². The maximum Gasteiger partial charge on any atom is 0.257 e. The highest BCUT2D eigenvalue weighted by atomic mass is 35.5. The van der Waals surface area contributed by atoms with Gasteiger partial charge in [0.25, 0.3) is 5.91 Å². The van der Waals surface area contributed by atoms with Crippen LogP contribution in [0.3, 0.4) is 0 Å². The Hall–Kier alpha value is -2.99.